The van der Waals surface area contributed by atoms with Gasteiger partial charge >= 0.3 is 0 Å². The zero-order valence-electron chi connectivity index (χ0n) is 10.00. The summed E-state index contributed by atoms with van der Waals surface area (Å²) in [4.78, 5) is 38.0. The lowest BCUT2D eigenvalue weighted by atomic mass is 9.95. The molecule has 0 bridgehead atoms. The molecule has 2 aromatic rings. The van der Waals surface area contributed by atoms with Crippen molar-refractivity contribution in [3.63, 3.8) is 0 Å². The van der Waals surface area contributed by atoms with Crippen LogP contribution in [0, 0.1) is 0 Å². The number of amides is 2. The highest BCUT2D eigenvalue weighted by molar-refractivity contribution is 6.00. The summed E-state index contributed by atoms with van der Waals surface area (Å²) in [5, 5.41) is 2.32. The molecule has 6 heteroatoms. The highest BCUT2D eigenvalue weighted by Crippen LogP contribution is 2.25. The standard InChI is InChI=1S/C13H11N3O3/c17-7-8-1-3-11-14-5-10(16(11)6-8)9-2-4-12(18)15-13(9)19/h1,3,5-7,9H,2,4H2,(H,15,18,19). The summed E-state index contributed by atoms with van der Waals surface area (Å²) in [6, 6.07) is 3.39. The molecule has 1 aliphatic rings. The molecule has 1 fully saturated rings. The van der Waals surface area contributed by atoms with Crippen molar-refractivity contribution in [1.82, 2.24) is 14.7 Å². The van der Waals surface area contributed by atoms with E-state index in [-0.39, 0.29) is 11.8 Å². The number of carbonyl (C=O) groups excluding carboxylic acids is 3. The number of hydrogen-bond acceptors (Lipinski definition) is 4. The molecule has 0 saturated carbocycles. The molecule has 1 aliphatic heterocycles. The van der Waals surface area contributed by atoms with Crippen LogP contribution in [0.4, 0.5) is 0 Å². The summed E-state index contributed by atoms with van der Waals surface area (Å²) in [6.45, 7) is 0. The van der Waals surface area contributed by atoms with Crippen molar-refractivity contribution in [2.24, 2.45) is 0 Å². The number of nitrogens with one attached hydrogen (secondary N) is 1. The average Bonchev–Trinajstić information content (AvgIpc) is 2.81. The number of aldehydes is 1. The van der Waals surface area contributed by atoms with E-state index in [4.69, 9.17) is 0 Å². The van der Waals surface area contributed by atoms with Gasteiger partial charge in [-0.1, -0.05) is 0 Å². The third-order valence-corrected chi connectivity index (χ3v) is 3.29. The van der Waals surface area contributed by atoms with Crippen LogP contribution in [0.25, 0.3) is 5.65 Å². The van der Waals surface area contributed by atoms with Gasteiger partial charge in [0.15, 0.2) is 6.29 Å². The fourth-order valence-electron chi connectivity index (χ4n) is 2.32. The second-order valence-electron chi connectivity index (χ2n) is 4.50. The van der Waals surface area contributed by atoms with Gasteiger partial charge < -0.3 is 4.40 Å². The van der Waals surface area contributed by atoms with Gasteiger partial charge in [-0.3, -0.25) is 19.7 Å². The van der Waals surface area contributed by atoms with Crippen molar-refractivity contribution >= 4 is 23.7 Å². The molecule has 0 aliphatic carbocycles. The molecule has 3 heterocycles. The molecule has 1 saturated heterocycles. The highest BCUT2D eigenvalue weighted by atomic mass is 16.2. The number of carbonyl (C=O) groups is 3. The van der Waals surface area contributed by atoms with Crippen molar-refractivity contribution in [2.45, 2.75) is 18.8 Å². The topological polar surface area (TPSA) is 80.5 Å². The number of fused-ring (bicyclic) bond motifs is 1. The molecule has 2 aromatic heterocycles. The van der Waals surface area contributed by atoms with E-state index in [1.165, 1.54) is 0 Å². The molecule has 1 unspecified atom stereocenters. The van der Waals surface area contributed by atoms with Crippen LogP contribution >= 0.6 is 0 Å². The van der Waals surface area contributed by atoms with Crippen LogP contribution in [0.3, 0.4) is 0 Å². The van der Waals surface area contributed by atoms with Gasteiger partial charge in [0.25, 0.3) is 0 Å². The van der Waals surface area contributed by atoms with Crippen LogP contribution in [0.15, 0.2) is 24.5 Å². The number of imide groups is 1. The maximum atomic E-state index is 11.9. The summed E-state index contributed by atoms with van der Waals surface area (Å²) in [7, 11) is 0. The first-order valence-electron chi connectivity index (χ1n) is 5.95. The molecule has 0 aromatic carbocycles. The molecule has 0 radical (unpaired) electrons. The van der Waals surface area contributed by atoms with Gasteiger partial charge in [-0.05, 0) is 18.6 Å². The zero-order chi connectivity index (χ0) is 13.4. The summed E-state index contributed by atoms with van der Waals surface area (Å²) in [6.07, 6.45) is 4.78. The minimum absolute atomic E-state index is 0.247. The number of pyridine rings is 1. The van der Waals surface area contributed by atoms with Crippen LogP contribution in [0.5, 0.6) is 0 Å². The lowest BCUT2D eigenvalue weighted by Gasteiger charge is -2.20. The smallest absolute Gasteiger partial charge is 0.235 e. The Balaban J connectivity index is 2.07. The predicted molar refractivity (Wildman–Crippen MR) is 65.7 cm³/mol. The third kappa shape index (κ3) is 1.91. The van der Waals surface area contributed by atoms with E-state index in [1.54, 1.807) is 28.9 Å². The Morgan fingerprint density at radius 1 is 1.37 bits per heavy atom. The quantitative estimate of drug-likeness (QED) is 0.633. The lowest BCUT2D eigenvalue weighted by Crippen LogP contribution is -2.39. The van der Waals surface area contributed by atoms with E-state index in [9.17, 15) is 14.4 Å². The largest absolute Gasteiger partial charge is 0.303 e. The molecular formula is C13H11N3O3. The summed E-state index contributed by atoms with van der Waals surface area (Å²) >= 11 is 0. The molecule has 0 spiro atoms. The Morgan fingerprint density at radius 2 is 2.21 bits per heavy atom. The van der Waals surface area contributed by atoms with Crippen molar-refractivity contribution in [3.05, 3.63) is 35.8 Å². The van der Waals surface area contributed by atoms with Crippen LogP contribution in [-0.2, 0) is 9.59 Å². The van der Waals surface area contributed by atoms with Crippen molar-refractivity contribution in [3.8, 4) is 0 Å². The van der Waals surface area contributed by atoms with Gasteiger partial charge in [0, 0.05) is 24.4 Å². The van der Waals surface area contributed by atoms with E-state index in [2.05, 4.69) is 10.3 Å². The highest BCUT2D eigenvalue weighted by Gasteiger charge is 2.30. The fourth-order valence-corrected chi connectivity index (χ4v) is 2.32. The van der Waals surface area contributed by atoms with Crippen LogP contribution in [0.2, 0.25) is 0 Å². The minimum atomic E-state index is -0.408. The normalized spacial score (nSPS) is 19.5. The van der Waals surface area contributed by atoms with Gasteiger partial charge in [0.05, 0.1) is 11.6 Å². The predicted octanol–water partition coefficient (Wildman–Crippen LogP) is 0.667. The molecule has 19 heavy (non-hydrogen) atoms. The maximum Gasteiger partial charge on any atom is 0.235 e. The molecule has 1 atom stereocenters. The maximum absolute atomic E-state index is 11.9. The summed E-state index contributed by atoms with van der Waals surface area (Å²) < 4.78 is 1.73. The van der Waals surface area contributed by atoms with Gasteiger partial charge in [-0.15, -0.1) is 0 Å². The van der Waals surface area contributed by atoms with Gasteiger partial charge in [-0.25, -0.2) is 4.98 Å². The van der Waals surface area contributed by atoms with Crippen molar-refractivity contribution in [2.75, 3.05) is 0 Å². The van der Waals surface area contributed by atoms with Gasteiger partial charge in [0.2, 0.25) is 11.8 Å². The number of rotatable bonds is 2. The van der Waals surface area contributed by atoms with E-state index >= 15 is 0 Å². The number of imidazole rings is 1. The summed E-state index contributed by atoms with van der Waals surface area (Å²) in [5.74, 6) is -0.965. The average molecular weight is 257 g/mol. The third-order valence-electron chi connectivity index (χ3n) is 3.29. The van der Waals surface area contributed by atoms with Crippen molar-refractivity contribution in [1.29, 1.82) is 0 Å². The fraction of sp³-hybridized carbons (Fsp3) is 0.231. The Morgan fingerprint density at radius 3 is 2.95 bits per heavy atom. The van der Waals surface area contributed by atoms with Crippen molar-refractivity contribution < 1.29 is 14.4 Å². The molecule has 2 amide bonds. The van der Waals surface area contributed by atoms with E-state index in [1.807, 2.05) is 0 Å². The van der Waals surface area contributed by atoms with E-state index in [0.29, 0.717) is 29.7 Å². The Bertz CT molecular complexity index is 689. The summed E-state index contributed by atoms with van der Waals surface area (Å²) in [5.41, 5.74) is 1.88. The first-order chi connectivity index (χ1) is 9.19. The number of nitrogens with zero attached hydrogens (tertiary/aromatic N) is 2. The molecule has 3 rings (SSSR count). The Hall–Kier alpha value is -2.50. The Kier molecular flexibility index (Phi) is 2.63. The minimum Gasteiger partial charge on any atom is -0.303 e. The molecule has 6 nitrogen and oxygen atoms in total. The van der Waals surface area contributed by atoms with E-state index < -0.39 is 5.92 Å². The van der Waals surface area contributed by atoms with E-state index in [0.717, 1.165) is 6.29 Å². The SMILES string of the molecule is O=Cc1ccc2ncc(C3CCC(=O)NC3=O)n2c1. The van der Waals surface area contributed by atoms with Gasteiger partial charge in [0.1, 0.15) is 5.65 Å². The number of hydrogen-bond donors (Lipinski definition) is 1. The first-order valence-corrected chi connectivity index (χ1v) is 5.95. The second kappa shape index (κ2) is 4.31. The number of aromatic nitrogens is 2. The van der Waals surface area contributed by atoms with Gasteiger partial charge in [-0.2, -0.15) is 0 Å². The monoisotopic (exact) mass is 257 g/mol. The second-order valence-corrected chi connectivity index (χ2v) is 4.50. The van der Waals surface area contributed by atoms with Crippen LogP contribution < -0.4 is 5.32 Å². The molecular weight excluding hydrogens is 246 g/mol. The first kappa shape index (κ1) is 11.6. The van der Waals surface area contributed by atoms with Crippen LogP contribution in [-0.4, -0.2) is 27.5 Å². The molecule has 96 valence electrons. The Labute approximate surface area is 108 Å². The zero-order valence-corrected chi connectivity index (χ0v) is 10.00. The lowest BCUT2D eigenvalue weighted by molar-refractivity contribution is -0.134. The van der Waals surface area contributed by atoms with Crippen LogP contribution in [0.1, 0.15) is 34.8 Å². The number of piperidine rings is 1. The molecule has 1 N–H and O–H groups in total.